The van der Waals surface area contributed by atoms with Crippen molar-refractivity contribution in [2.45, 2.75) is 31.8 Å². The van der Waals surface area contributed by atoms with Gasteiger partial charge in [0.05, 0.1) is 12.7 Å². The van der Waals surface area contributed by atoms with E-state index in [9.17, 15) is 14.7 Å². The first-order valence-corrected chi connectivity index (χ1v) is 5.81. The van der Waals surface area contributed by atoms with Crippen LogP contribution in [-0.2, 0) is 8.92 Å². The van der Waals surface area contributed by atoms with E-state index in [0.29, 0.717) is 5.56 Å². The molecule has 2 N–H and O–H groups in total. The normalized spacial score (nSPS) is 27.6. The summed E-state index contributed by atoms with van der Waals surface area (Å²) < 4.78 is 11.4. The van der Waals surface area contributed by atoms with Gasteiger partial charge in [-0.1, -0.05) is 0 Å². The molecule has 7 nitrogen and oxygen atoms in total. The minimum Gasteiger partial charge on any atom is -0.390 e. The number of hydrogen-bond acceptors (Lipinski definition) is 6. The van der Waals surface area contributed by atoms with Gasteiger partial charge in [0.2, 0.25) is 0 Å². The predicted octanol–water partition coefficient (Wildman–Crippen LogP) is -0.645. The summed E-state index contributed by atoms with van der Waals surface area (Å²) in [7, 11) is 0. The van der Waals surface area contributed by atoms with Gasteiger partial charge in [0.1, 0.15) is 12.3 Å². The Labute approximate surface area is 108 Å². The summed E-state index contributed by atoms with van der Waals surface area (Å²) in [6.45, 7) is 1.71. The zero-order valence-electron chi connectivity index (χ0n) is 9.70. The average molecular weight is 274 g/mol. The number of aryl methyl sites for hydroxylation is 1. The summed E-state index contributed by atoms with van der Waals surface area (Å²) in [5.41, 5.74) is -0.582. The minimum atomic E-state index is -0.735. The number of aromatic amines is 1. The van der Waals surface area contributed by atoms with Crippen molar-refractivity contribution in [1.29, 1.82) is 0 Å². The van der Waals surface area contributed by atoms with Crippen LogP contribution in [0.5, 0.6) is 0 Å². The van der Waals surface area contributed by atoms with E-state index in [1.54, 1.807) is 6.92 Å². The first-order chi connectivity index (χ1) is 8.52. The number of H-pyrrole nitrogens is 1. The third kappa shape index (κ3) is 2.51. The first-order valence-electron chi connectivity index (χ1n) is 5.45. The number of hydrogen-bond donors (Lipinski definition) is 3. The van der Waals surface area contributed by atoms with Crippen LogP contribution in [0.3, 0.4) is 0 Å². The van der Waals surface area contributed by atoms with Crippen molar-refractivity contribution in [3.8, 4) is 0 Å². The smallest absolute Gasteiger partial charge is 0.330 e. The molecule has 0 radical (unpaired) electrons. The molecular formula is C10H14N2O5S. The molecule has 1 aromatic rings. The van der Waals surface area contributed by atoms with Crippen LogP contribution < -0.4 is 11.2 Å². The third-order valence-electron chi connectivity index (χ3n) is 2.90. The van der Waals surface area contributed by atoms with Gasteiger partial charge >= 0.3 is 5.69 Å². The van der Waals surface area contributed by atoms with E-state index in [0.717, 1.165) is 0 Å². The molecule has 2 heterocycles. The molecule has 1 aliphatic rings. The number of aliphatic hydroxyl groups excluding tert-OH is 1. The molecular weight excluding hydrogens is 260 g/mol. The van der Waals surface area contributed by atoms with Crippen molar-refractivity contribution in [1.82, 2.24) is 9.55 Å². The third-order valence-corrected chi connectivity index (χ3v) is 3.05. The second kappa shape index (κ2) is 5.27. The quantitative estimate of drug-likeness (QED) is 0.503. The molecule has 0 bridgehead atoms. The predicted molar refractivity (Wildman–Crippen MR) is 65.5 cm³/mol. The van der Waals surface area contributed by atoms with Crippen molar-refractivity contribution in [3.63, 3.8) is 0 Å². The molecule has 2 rings (SSSR count). The van der Waals surface area contributed by atoms with Crippen LogP contribution in [0.1, 0.15) is 18.2 Å². The number of nitrogens with zero attached hydrogens (tertiary/aromatic N) is 1. The summed E-state index contributed by atoms with van der Waals surface area (Å²) in [6, 6.07) is 0. The SMILES string of the molecule is Cc1cn([C@H]2CC(O)[C@@H](COS)O2)c(=O)[nH]c1=O. The fourth-order valence-electron chi connectivity index (χ4n) is 1.91. The van der Waals surface area contributed by atoms with Crippen molar-refractivity contribution in [2.24, 2.45) is 0 Å². The minimum absolute atomic E-state index is 0.123. The van der Waals surface area contributed by atoms with Gasteiger partial charge in [-0.15, -0.1) is 0 Å². The molecule has 100 valence electrons. The standard InChI is InChI=1S/C10H14N2O5S/c1-5-3-12(10(15)11-9(5)14)8-2-6(13)7(17-8)4-16-18/h3,6-8,13,18H,2,4H2,1H3,(H,11,14,15)/t6?,7-,8-/m1/s1. The second-order valence-corrected chi connectivity index (χ2v) is 4.46. The van der Waals surface area contributed by atoms with Gasteiger partial charge in [-0.25, -0.2) is 4.79 Å². The van der Waals surface area contributed by atoms with Gasteiger partial charge < -0.3 is 14.0 Å². The second-order valence-electron chi connectivity index (χ2n) is 4.21. The Balaban J connectivity index is 2.26. The van der Waals surface area contributed by atoms with Crippen LogP contribution >= 0.6 is 12.9 Å². The largest absolute Gasteiger partial charge is 0.390 e. The lowest BCUT2D eigenvalue weighted by molar-refractivity contribution is -0.0376. The Bertz CT molecular complexity index is 540. The molecule has 1 saturated heterocycles. The number of thiol groups is 1. The fourth-order valence-corrected chi connectivity index (χ4v) is 2.06. The number of nitrogens with one attached hydrogen (secondary N) is 1. The van der Waals surface area contributed by atoms with Gasteiger partial charge in [0.25, 0.3) is 5.56 Å². The topological polar surface area (TPSA) is 93.6 Å². The van der Waals surface area contributed by atoms with Gasteiger partial charge in [-0.2, -0.15) is 0 Å². The van der Waals surface area contributed by atoms with E-state index < -0.39 is 29.7 Å². The Kier molecular flexibility index (Phi) is 3.91. The first kappa shape index (κ1) is 13.3. The van der Waals surface area contributed by atoms with Crippen LogP contribution in [0.2, 0.25) is 0 Å². The summed E-state index contributed by atoms with van der Waals surface area (Å²) in [5, 5.41) is 9.74. The monoisotopic (exact) mass is 274 g/mol. The molecule has 0 spiro atoms. The number of aliphatic hydroxyl groups is 1. The zero-order chi connectivity index (χ0) is 13.3. The maximum Gasteiger partial charge on any atom is 0.330 e. The van der Waals surface area contributed by atoms with E-state index in [2.05, 4.69) is 22.1 Å². The Morgan fingerprint density at radius 3 is 3.06 bits per heavy atom. The highest BCUT2D eigenvalue weighted by Gasteiger charge is 2.35. The van der Waals surface area contributed by atoms with Gasteiger partial charge in [-0.05, 0) is 19.8 Å². The van der Waals surface area contributed by atoms with Gasteiger partial charge in [-0.3, -0.25) is 14.3 Å². The van der Waals surface area contributed by atoms with E-state index in [-0.39, 0.29) is 13.0 Å². The zero-order valence-corrected chi connectivity index (χ0v) is 10.6. The Morgan fingerprint density at radius 1 is 1.67 bits per heavy atom. The number of rotatable bonds is 3. The molecule has 0 aliphatic carbocycles. The van der Waals surface area contributed by atoms with Gasteiger partial charge in [0, 0.05) is 18.2 Å². The van der Waals surface area contributed by atoms with E-state index >= 15 is 0 Å². The highest BCUT2D eigenvalue weighted by Crippen LogP contribution is 2.27. The highest BCUT2D eigenvalue weighted by molar-refractivity contribution is 7.75. The molecule has 1 unspecified atom stereocenters. The highest BCUT2D eigenvalue weighted by atomic mass is 32.1. The van der Waals surface area contributed by atoms with Crippen LogP contribution in [0, 0.1) is 6.92 Å². The van der Waals surface area contributed by atoms with Crippen LogP contribution in [0.15, 0.2) is 15.8 Å². The van der Waals surface area contributed by atoms with Crippen molar-refractivity contribution >= 4 is 12.9 Å². The fraction of sp³-hybridized carbons (Fsp3) is 0.600. The number of ether oxygens (including phenoxy) is 1. The molecule has 1 aliphatic heterocycles. The molecule has 0 aromatic carbocycles. The Hall–Kier alpha value is -1.09. The van der Waals surface area contributed by atoms with E-state index in [1.807, 2.05) is 0 Å². The summed E-state index contributed by atoms with van der Waals surface area (Å²) >= 11 is 3.60. The van der Waals surface area contributed by atoms with Crippen LogP contribution in [0.4, 0.5) is 0 Å². The molecule has 0 saturated carbocycles. The molecule has 1 fully saturated rings. The Morgan fingerprint density at radius 2 is 2.39 bits per heavy atom. The summed E-state index contributed by atoms with van der Waals surface area (Å²) in [5.74, 6) is 0. The lowest BCUT2D eigenvalue weighted by Gasteiger charge is -2.15. The maximum atomic E-state index is 11.6. The van der Waals surface area contributed by atoms with Crippen molar-refractivity contribution < 1.29 is 14.0 Å². The molecule has 18 heavy (non-hydrogen) atoms. The number of aromatic nitrogens is 2. The summed E-state index contributed by atoms with van der Waals surface area (Å²) in [6.07, 6.45) is -0.208. The molecule has 8 heteroatoms. The molecule has 1 aromatic heterocycles. The van der Waals surface area contributed by atoms with Crippen LogP contribution in [0.25, 0.3) is 0 Å². The average Bonchev–Trinajstić information content (AvgIpc) is 2.66. The maximum absolute atomic E-state index is 11.6. The molecule has 3 atom stereocenters. The lowest BCUT2D eigenvalue weighted by atomic mass is 10.2. The van der Waals surface area contributed by atoms with Gasteiger partial charge in [0.15, 0.2) is 0 Å². The van der Waals surface area contributed by atoms with E-state index in [1.165, 1.54) is 10.8 Å². The van der Waals surface area contributed by atoms with E-state index in [4.69, 9.17) is 4.74 Å². The van der Waals surface area contributed by atoms with Crippen molar-refractivity contribution in [2.75, 3.05) is 6.61 Å². The summed E-state index contributed by atoms with van der Waals surface area (Å²) in [4.78, 5) is 25.1. The van der Waals surface area contributed by atoms with Crippen molar-refractivity contribution in [3.05, 3.63) is 32.6 Å². The van der Waals surface area contributed by atoms with Crippen LogP contribution in [-0.4, -0.2) is 33.5 Å². The molecule has 0 amide bonds. The lowest BCUT2D eigenvalue weighted by Crippen LogP contribution is -2.33.